The second-order valence-corrected chi connectivity index (χ2v) is 15.1. The molecule has 3 atom stereocenters. The maximum absolute atomic E-state index is 12.6. The molecule has 56 heavy (non-hydrogen) atoms. The Morgan fingerprint density at radius 3 is 1.54 bits per heavy atom. The van der Waals surface area contributed by atoms with Crippen molar-refractivity contribution in [2.75, 3.05) is 26.4 Å². The molecular formula is C45H75O10P. The summed E-state index contributed by atoms with van der Waals surface area (Å²) in [5, 5.41) is 18.3. The van der Waals surface area contributed by atoms with Crippen molar-refractivity contribution < 1.29 is 47.8 Å². The summed E-state index contributed by atoms with van der Waals surface area (Å²) in [4.78, 5) is 34.9. The van der Waals surface area contributed by atoms with E-state index in [-0.39, 0.29) is 19.4 Å². The molecule has 3 unspecified atom stereocenters. The summed E-state index contributed by atoms with van der Waals surface area (Å²) >= 11 is 0. The minimum atomic E-state index is -4.64. The molecule has 3 N–H and O–H groups in total. The molecule has 0 aliphatic rings. The van der Waals surface area contributed by atoms with Crippen molar-refractivity contribution in [2.45, 2.75) is 161 Å². The molecule has 0 aliphatic carbocycles. The molecule has 0 bridgehead atoms. The molecule has 0 aliphatic heterocycles. The summed E-state index contributed by atoms with van der Waals surface area (Å²) in [7, 11) is -4.64. The Morgan fingerprint density at radius 1 is 0.554 bits per heavy atom. The van der Waals surface area contributed by atoms with Gasteiger partial charge in [0.25, 0.3) is 0 Å². The van der Waals surface area contributed by atoms with Crippen molar-refractivity contribution in [3.8, 4) is 0 Å². The van der Waals surface area contributed by atoms with E-state index in [2.05, 4.69) is 91.3 Å². The quantitative estimate of drug-likeness (QED) is 0.0238. The van der Waals surface area contributed by atoms with Crippen LogP contribution in [0.4, 0.5) is 0 Å². The smallest absolute Gasteiger partial charge is 0.462 e. The van der Waals surface area contributed by atoms with Crippen molar-refractivity contribution in [2.24, 2.45) is 0 Å². The molecule has 10 nitrogen and oxygen atoms in total. The number of ether oxygens (including phenoxy) is 2. The molecule has 0 saturated carbocycles. The molecule has 0 aromatic heterocycles. The third-order valence-corrected chi connectivity index (χ3v) is 9.23. The maximum atomic E-state index is 12.6. The monoisotopic (exact) mass is 807 g/mol. The van der Waals surface area contributed by atoms with Crippen LogP contribution in [0.2, 0.25) is 0 Å². The highest BCUT2D eigenvalue weighted by atomic mass is 31.2. The molecule has 0 heterocycles. The van der Waals surface area contributed by atoms with Gasteiger partial charge in [-0.15, -0.1) is 0 Å². The van der Waals surface area contributed by atoms with Crippen LogP contribution in [0, 0.1) is 0 Å². The number of aliphatic hydroxyl groups excluding tert-OH is 2. The summed E-state index contributed by atoms with van der Waals surface area (Å²) in [6.45, 7) is 2.14. The van der Waals surface area contributed by atoms with Crippen LogP contribution in [-0.2, 0) is 32.7 Å². The molecule has 0 radical (unpaired) electrons. The minimum Gasteiger partial charge on any atom is -0.462 e. The zero-order valence-electron chi connectivity index (χ0n) is 34.6. The highest BCUT2D eigenvalue weighted by Gasteiger charge is 2.27. The van der Waals surface area contributed by atoms with E-state index in [1.807, 2.05) is 12.2 Å². The van der Waals surface area contributed by atoms with Gasteiger partial charge >= 0.3 is 19.8 Å². The summed E-state index contributed by atoms with van der Waals surface area (Å²) < 4.78 is 32.6. The van der Waals surface area contributed by atoms with E-state index in [9.17, 15) is 24.2 Å². The number of hydrogen-bond acceptors (Lipinski definition) is 9. The molecule has 0 spiro atoms. The van der Waals surface area contributed by atoms with Crippen LogP contribution in [0.15, 0.2) is 85.1 Å². The number of carbonyl (C=O) groups excluding carboxylic acids is 2. The Bertz CT molecular complexity index is 1200. The fourth-order valence-corrected chi connectivity index (χ4v) is 5.85. The van der Waals surface area contributed by atoms with Gasteiger partial charge in [0.15, 0.2) is 6.10 Å². The average molecular weight is 807 g/mol. The van der Waals surface area contributed by atoms with Crippen LogP contribution in [0.3, 0.4) is 0 Å². The van der Waals surface area contributed by atoms with E-state index in [1.165, 1.54) is 32.1 Å². The summed E-state index contributed by atoms with van der Waals surface area (Å²) in [5.41, 5.74) is 0. The number of carbonyl (C=O) groups is 2. The van der Waals surface area contributed by atoms with E-state index in [1.54, 1.807) is 0 Å². The molecule has 0 rings (SSSR count). The maximum Gasteiger partial charge on any atom is 0.472 e. The Labute approximate surface area is 339 Å². The lowest BCUT2D eigenvalue weighted by molar-refractivity contribution is -0.161. The normalized spacial score (nSPS) is 14.7. The number of aliphatic hydroxyl groups is 2. The first-order chi connectivity index (χ1) is 27.2. The molecule has 0 fully saturated rings. The minimum absolute atomic E-state index is 0.0980. The van der Waals surface area contributed by atoms with Crippen LogP contribution in [0.5, 0.6) is 0 Å². The first-order valence-electron chi connectivity index (χ1n) is 21.0. The lowest BCUT2D eigenvalue weighted by atomic mass is 10.1. The van der Waals surface area contributed by atoms with Crippen LogP contribution in [0.1, 0.15) is 149 Å². The van der Waals surface area contributed by atoms with Crippen LogP contribution in [-0.4, -0.2) is 65.7 Å². The first-order valence-corrected chi connectivity index (χ1v) is 22.5. The molecule has 11 heteroatoms. The van der Waals surface area contributed by atoms with Crippen molar-refractivity contribution in [1.82, 2.24) is 0 Å². The number of esters is 2. The zero-order valence-corrected chi connectivity index (χ0v) is 35.5. The topological polar surface area (TPSA) is 149 Å². The van der Waals surface area contributed by atoms with Crippen molar-refractivity contribution in [3.05, 3.63) is 85.1 Å². The number of phosphoric acid groups is 1. The van der Waals surface area contributed by atoms with Gasteiger partial charge in [0, 0.05) is 12.8 Å². The molecule has 0 aromatic carbocycles. The van der Waals surface area contributed by atoms with Gasteiger partial charge in [-0.3, -0.25) is 18.6 Å². The number of hydrogen-bond donors (Lipinski definition) is 3. The molecular weight excluding hydrogens is 731 g/mol. The van der Waals surface area contributed by atoms with Gasteiger partial charge in [-0.1, -0.05) is 137 Å². The van der Waals surface area contributed by atoms with Gasteiger partial charge in [0.2, 0.25) is 0 Å². The average Bonchev–Trinajstić information content (AvgIpc) is 3.19. The van der Waals surface area contributed by atoms with E-state index in [0.717, 1.165) is 70.6 Å². The second kappa shape index (κ2) is 40.4. The number of phosphoric ester groups is 1. The van der Waals surface area contributed by atoms with Gasteiger partial charge in [-0.2, -0.15) is 0 Å². The Morgan fingerprint density at radius 2 is 1.00 bits per heavy atom. The van der Waals surface area contributed by atoms with Crippen LogP contribution < -0.4 is 0 Å². The Balaban J connectivity index is 4.46. The van der Waals surface area contributed by atoms with Gasteiger partial charge in [-0.05, 0) is 83.5 Å². The van der Waals surface area contributed by atoms with Gasteiger partial charge in [0.1, 0.15) is 12.7 Å². The zero-order chi connectivity index (χ0) is 41.2. The van der Waals surface area contributed by atoms with E-state index in [0.29, 0.717) is 19.3 Å². The highest BCUT2D eigenvalue weighted by Crippen LogP contribution is 2.43. The number of unbranched alkanes of at least 4 members (excludes halogenated alkanes) is 10. The largest absolute Gasteiger partial charge is 0.472 e. The molecule has 0 amide bonds. The van der Waals surface area contributed by atoms with E-state index >= 15 is 0 Å². The van der Waals surface area contributed by atoms with E-state index in [4.69, 9.17) is 19.1 Å². The van der Waals surface area contributed by atoms with E-state index < -0.39 is 51.8 Å². The van der Waals surface area contributed by atoms with Crippen molar-refractivity contribution in [3.63, 3.8) is 0 Å². The van der Waals surface area contributed by atoms with Crippen molar-refractivity contribution in [1.29, 1.82) is 0 Å². The highest BCUT2D eigenvalue weighted by molar-refractivity contribution is 7.47. The third-order valence-electron chi connectivity index (χ3n) is 8.28. The van der Waals surface area contributed by atoms with Crippen LogP contribution in [0.25, 0.3) is 0 Å². The Hall–Kier alpha value is -2.85. The second-order valence-electron chi connectivity index (χ2n) is 13.6. The summed E-state index contributed by atoms with van der Waals surface area (Å²) in [6, 6.07) is 0. The van der Waals surface area contributed by atoms with Crippen molar-refractivity contribution >= 4 is 19.8 Å². The first kappa shape index (κ1) is 53.1. The molecule has 320 valence electrons. The van der Waals surface area contributed by atoms with Gasteiger partial charge in [-0.25, -0.2) is 4.57 Å². The predicted octanol–water partition coefficient (Wildman–Crippen LogP) is 11.1. The third kappa shape index (κ3) is 39.4. The standard InChI is InChI=1S/C45H75O10P/c1-3-5-7-9-11-13-15-17-19-21-23-25-27-29-31-33-35-37-45(49)55-43(41-54-56(50,51)53-39-42(47)38-46)40-52-44(48)36-34-32-30-28-26-24-22-20-18-16-14-12-10-8-6-4-2/h5,7,11,13-14,16-17,19-20,22-23,25,29,31,42-43,46-47H,3-4,6,8-10,12,15,18,21,24,26-28,30,32-41H2,1-2H3,(H,50,51)/b7-5-,13-11-,16-14-,19-17-,22-20-,25-23-,31-29-. The van der Waals surface area contributed by atoms with Crippen LogP contribution >= 0.6 is 7.82 Å². The number of allylic oxidation sites excluding steroid dienone is 14. The van der Waals surface area contributed by atoms with Gasteiger partial charge < -0.3 is 24.6 Å². The number of rotatable bonds is 38. The fourth-order valence-electron chi connectivity index (χ4n) is 5.06. The Kier molecular flexibility index (Phi) is 38.3. The molecule has 0 aromatic rings. The summed E-state index contributed by atoms with van der Waals surface area (Å²) in [6.07, 6.45) is 47.0. The van der Waals surface area contributed by atoms with Gasteiger partial charge in [0.05, 0.1) is 19.8 Å². The predicted molar refractivity (Wildman–Crippen MR) is 228 cm³/mol. The lowest BCUT2D eigenvalue weighted by Gasteiger charge is -2.20. The lowest BCUT2D eigenvalue weighted by Crippen LogP contribution is -2.29. The SMILES string of the molecule is CC/C=C\C/C=C\C/C=C\C/C=C\C/C=C\CCCC(=O)OC(COC(=O)CCCCCCC/C=C\C/C=C\CCCCCC)COP(=O)(O)OCC(O)CO. The summed E-state index contributed by atoms with van der Waals surface area (Å²) in [5.74, 6) is -1.02. The molecule has 0 saturated heterocycles. The fraction of sp³-hybridized carbons (Fsp3) is 0.644.